The van der Waals surface area contributed by atoms with Gasteiger partial charge in [0.1, 0.15) is 0 Å². The molecule has 0 aromatic carbocycles. The van der Waals surface area contributed by atoms with Crippen LogP contribution < -0.4 is 0 Å². The molecule has 0 aliphatic carbocycles. The lowest BCUT2D eigenvalue weighted by Crippen LogP contribution is -2.32. The molecule has 0 heterocycles. The highest BCUT2D eigenvalue weighted by Gasteiger charge is 2.07. The van der Waals surface area contributed by atoms with Gasteiger partial charge in [-0.25, -0.2) is 0 Å². The molecule has 12 heavy (non-hydrogen) atoms. The Morgan fingerprint density at radius 3 is 2.50 bits per heavy atom. The lowest BCUT2D eigenvalue weighted by atomic mass is 10.1. The van der Waals surface area contributed by atoms with Crippen molar-refractivity contribution in [2.24, 2.45) is 5.92 Å². The Balaban J connectivity index is 3.73. The first kappa shape index (κ1) is 11.6. The molecule has 0 saturated heterocycles. The molecular formula is C9H20N2O. The molecule has 3 nitrogen and oxygen atoms in total. The highest BCUT2D eigenvalue weighted by atomic mass is 16.3. The average molecular weight is 172 g/mol. The molecule has 0 fully saturated rings. The Kier molecular flexibility index (Phi) is 7.00. The van der Waals surface area contributed by atoms with Crippen LogP contribution in [0.3, 0.4) is 0 Å². The summed E-state index contributed by atoms with van der Waals surface area (Å²) in [7, 11) is 0. The second-order valence-corrected chi connectivity index (χ2v) is 2.95. The SMILES string of the molecule is CC[C@H](C=N)CN(CC)CCO. The quantitative estimate of drug-likeness (QED) is 0.562. The molecule has 0 bridgehead atoms. The van der Waals surface area contributed by atoms with E-state index in [1.165, 1.54) is 6.21 Å². The van der Waals surface area contributed by atoms with Crippen LogP contribution in [0.2, 0.25) is 0 Å². The molecule has 72 valence electrons. The van der Waals surface area contributed by atoms with E-state index in [4.69, 9.17) is 10.5 Å². The summed E-state index contributed by atoms with van der Waals surface area (Å²) >= 11 is 0. The molecule has 0 radical (unpaired) electrons. The Morgan fingerprint density at radius 2 is 2.17 bits per heavy atom. The van der Waals surface area contributed by atoms with Crippen molar-refractivity contribution < 1.29 is 5.11 Å². The van der Waals surface area contributed by atoms with Crippen molar-refractivity contribution in [2.75, 3.05) is 26.2 Å². The standard InChI is InChI=1S/C9H20N2O/c1-3-9(7-10)8-11(4-2)5-6-12/h7,9-10,12H,3-6,8H2,1-2H3/t9-/m1/s1. The first-order valence-electron chi connectivity index (χ1n) is 4.62. The molecule has 0 saturated carbocycles. The first-order chi connectivity index (χ1) is 5.78. The third-order valence-electron chi connectivity index (χ3n) is 2.12. The number of likely N-dealkylation sites (N-methyl/N-ethyl adjacent to an activating group) is 1. The van der Waals surface area contributed by atoms with Crippen molar-refractivity contribution >= 4 is 6.21 Å². The van der Waals surface area contributed by atoms with E-state index in [1.807, 2.05) is 0 Å². The molecule has 0 unspecified atom stereocenters. The van der Waals surface area contributed by atoms with Gasteiger partial charge in [-0.05, 0) is 19.2 Å². The first-order valence-corrected chi connectivity index (χ1v) is 4.62. The number of nitrogens with zero attached hydrogens (tertiary/aromatic N) is 1. The van der Waals surface area contributed by atoms with Gasteiger partial charge in [-0.1, -0.05) is 13.8 Å². The summed E-state index contributed by atoms with van der Waals surface area (Å²) < 4.78 is 0. The fourth-order valence-corrected chi connectivity index (χ4v) is 1.15. The van der Waals surface area contributed by atoms with E-state index < -0.39 is 0 Å². The van der Waals surface area contributed by atoms with E-state index in [0.717, 1.165) is 26.1 Å². The summed E-state index contributed by atoms with van der Waals surface area (Å²) in [5.74, 6) is 0.344. The molecule has 0 aromatic rings. The molecule has 3 heteroatoms. The topological polar surface area (TPSA) is 47.3 Å². The minimum absolute atomic E-state index is 0.211. The van der Waals surface area contributed by atoms with Gasteiger partial charge in [0.15, 0.2) is 0 Å². The Morgan fingerprint density at radius 1 is 1.50 bits per heavy atom. The molecule has 0 spiro atoms. The fraction of sp³-hybridized carbons (Fsp3) is 0.889. The number of aliphatic hydroxyl groups excluding tert-OH is 1. The Labute approximate surface area is 74.9 Å². The Hall–Kier alpha value is -0.410. The number of nitrogens with one attached hydrogen (secondary N) is 1. The summed E-state index contributed by atoms with van der Waals surface area (Å²) in [5.41, 5.74) is 0. The van der Waals surface area contributed by atoms with E-state index in [-0.39, 0.29) is 6.61 Å². The number of hydrogen-bond donors (Lipinski definition) is 2. The summed E-state index contributed by atoms with van der Waals surface area (Å²) in [6, 6.07) is 0. The van der Waals surface area contributed by atoms with E-state index in [1.54, 1.807) is 0 Å². The second-order valence-electron chi connectivity index (χ2n) is 2.95. The van der Waals surface area contributed by atoms with E-state index in [2.05, 4.69) is 18.7 Å². The van der Waals surface area contributed by atoms with Crippen molar-refractivity contribution in [2.45, 2.75) is 20.3 Å². The second kappa shape index (κ2) is 7.25. The summed E-state index contributed by atoms with van der Waals surface area (Å²) in [5, 5.41) is 15.9. The Bertz CT molecular complexity index is 117. The zero-order chi connectivity index (χ0) is 9.40. The molecule has 0 amide bonds. The van der Waals surface area contributed by atoms with Crippen LogP contribution in [0.15, 0.2) is 0 Å². The average Bonchev–Trinajstić information content (AvgIpc) is 2.12. The van der Waals surface area contributed by atoms with Crippen LogP contribution in [-0.2, 0) is 0 Å². The van der Waals surface area contributed by atoms with Crippen LogP contribution in [0.25, 0.3) is 0 Å². The molecule has 2 N–H and O–H groups in total. The third-order valence-corrected chi connectivity index (χ3v) is 2.12. The largest absolute Gasteiger partial charge is 0.395 e. The van der Waals surface area contributed by atoms with Crippen LogP contribution in [0, 0.1) is 11.3 Å². The fourth-order valence-electron chi connectivity index (χ4n) is 1.15. The lowest BCUT2D eigenvalue weighted by molar-refractivity contribution is 0.192. The van der Waals surface area contributed by atoms with Crippen LogP contribution in [0.4, 0.5) is 0 Å². The van der Waals surface area contributed by atoms with Crippen LogP contribution in [0.1, 0.15) is 20.3 Å². The van der Waals surface area contributed by atoms with Crippen molar-refractivity contribution in [3.8, 4) is 0 Å². The number of aliphatic hydroxyl groups is 1. The smallest absolute Gasteiger partial charge is 0.0558 e. The van der Waals surface area contributed by atoms with Crippen molar-refractivity contribution in [3.05, 3.63) is 0 Å². The predicted molar refractivity (Wildman–Crippen MR) is 51.8 cm³/mol. The van der Waals surface area contributed by atoms with Gasteiger partial charge in [-0.3, -0.25) is 0 Å². The van der Waals surface area contributed by atoms with Crippen LogP contribution in [0.5, 0.6) is 0 Å². The van der Waals surface area contributed by atoms with Gasteiger partial charge in [-0.15, -0.1) is 0 Å². The maximum Gasteiger partial charge on any atom is 0.0558 e. The molecule has 0 aliphatic heterocycles. The summed E-state index contributed by atoms with van der Waals surface area (Å²) in [6.07, 6.45) is 2.51. The maximum absolute atomic E-state index is 8.73. The molecule has 0 rings (SSSR count). The highest BCUT2D eigenvalue weighted by Crippen LogP contribution is 2.01. The molecule has 0 aliphatic rings. The van der Waals surface area contributed by atoms with E-state index >= 15 is 0 Å². The number of rotatable bonds is 7. The van der Waals surface area contributed by atoms with Crippen LogP contribution in [-0.4, -0.2) is 42.5 Å². The van der Waals surface area contributed by atoms with Gasteiger partial charge in [0.05, 0.1) is 6.61 Å². The van der Waals surface area contributed by atoms with E-state index in [9.17, 15) is 0 Å². The monoisotopic (exact) mass is 172 g/mol. The predicted octanol–water partition coefficient (Wildman–Crippen LogP) is 0.976. The lowest BCUT2D eigenvalue weighted by Gasteiger charge is -2.22. The molecule has 0 aromatic heterocycles. The third kappa shape index (κ3) is 4.46. The van der Waals surface area contributed by atoms with Gasteiger partial charge in [0.2, 0.25) is 0 Å². The van der Waals surface area contributed by atoms with Gasteiger partial charge >= 0.3 is 0 Å². The zero-order valence-corrected chi connectivity index (χ0v) is 8.08. The van der Waals surface area contributed by atoms with Gasteiger partial charge < -0.3 is 15.4 Å². The normalized spacial score (nSPS) is 13.3. The number of hydrogen-bond acceptors (Lipinski definition) is 3. The van der Waals surface area contributed by atoms with Crippen molar-refractivity contribution in [3.63, 3.8) is 0 Å². The van der Waals surface area contributed by atoms with Gasteiger partial charge in [0, 0.05) is 19.0 Å². The zero-order valence-electron chi connectivity index (χ0n) is 8.08. The minimum Gasteiger partial charge on any atom is -0.395 e. The van der Waals surface area contributed by atoms with Crippen LogP contribution >= 0.6 is 0 Å². The molecule has 1 atom stereocenters. The highest BCUT2D eigenvalue weighted by molar-refractivity contribution is 5.56. The summed E-state index contributed by atoms with van der Waals surface area (Å²) in [6.45, 7) is 6.94. The maximum atomic E-state index is 8.73. The van der Waals surface area contributed by atoms with Crippen molar-refractivity contribution in [1.82, 2.24) is 4.90 Å². The van der Waals surface area contributed by atoms with E-state index in [0.29, 0.717) is 5.92 Å². The van der Waals surface area contributed by atoms with Crippen molar-refractivity contribution in [1.29, 1.82) is 5.41 Å². The summed E-state index contributed by atoms with van der Waals surface area (Å²) in [4.78, 5) is 2.17. The molecular weight excluding hydrogens is 152 g/mol. The van der Waals surface area contributed by atoms with Gasteiger partial charge in [0.25, 0.3) is 0 Å². The van der Waals surface area contributed by atoms with Gasteiger partial charge in [-0.2, -0.15) is 0 Å². The minimum atomic E-state index is 0.211.